The molecule has 0 amide bonds. The van der Waals surface area contributed by atoms with Gasteiger partial charge in [0.1, 0.15) is 0 Å². The van der Waals surface area contributed by atoms with Crippen LogP contribution in [0.25, 0.3) is 0 Å². The van der Waals surface area contributed by atoms with Crippen LogP contribution < -0.4 is 5.48 Å². The van der Waals surface area contributed by atoms with E-state index in [0.717, 1.165) is 13.2 Å². The highest BCUT2D eigenvalue weighted by Crippen LogP contribution is 1.97. The first-order valence-electron chi connectivity index (χ1n) is 4.26. The Hall–Kier alpha value is -0.0800. The number of hydroxylamine groups is 1. The monoisotopic (exact) mass is 145 g/mol. The van der Waals surface area contributed by atoms with Gasteiger partial charge in [-0.1, -0.05) is 33.1 Å². The Labute approximate surface area is 63.9 Å². The van der Waals surface area contributed by atoms with Gasteiger partial charge in [0.2, 0.25) is 0 Å². The van der Waals surface area contributed by atoms with E-state index in [1.54, 1.807) is 0 Å². The van der Waals surface area contributed by atoms with Crippen LogP contribution in [0.5, 0.6) is 0 Å². The maximum absolute atomic E-state index is 5.08. The summed E-state index contributed by atoms with van der Waals surface area (Å²) in [7, 11) is 0. The van der Waals surface area contributed by atoms with Crippen molar-refractivity contribution in [3.63, 3.8) is 0 Å². The van der Waals surface area contributed by atoms with E-state index in [-0.39, 0.29) is 0 Å². The highest BCUT2D eigenvalue weighted by molar-refractivity contribution is 4.37. The van der Waals surface area contributed by atoms with Gasteiger partial charge in [-0.3, -0.25) is 0 Å². The zero-order valence-corrected chi connectivity index (χ0v) is 7.15. The van der Waals surface area contributed by atoms with Crippen molar-refractivity contribution in [1.29, 1.82) is 0 Å². The molecular formula is C8H19NO. The molecule has 10 heavy (non-hydrogen) atoms. The molecule has 0 unspecified atom stereocenters. The van der Waals surface area contributed by atoms with E-state index < -0.39 is 0 Å². The molecule has 0 saturated heterocycles. The number of rotatable bonds is 7. The second-order valence-corrected chi connectivity index (χ2v) is 2.41. The summed E-state index contributed by atoms with van der Waals surface area (Å²) in [6.45, 7) is 6.00. The van der Waals surface area contributed by atoms with E-state index in [2.05, 4.69) is 12.4 Å². The summed E-state index contributed by atoms with van der Waals surface area (Å²) in [5.74, 6) is 0. The van der Waals surface area contributed by atoms with Gasteiger partial charge in [0, 0.05) is 6.54 Å². The van der Waals surface area contributed by atoms with Crippen LogP contribution in [-0.4, -0.2) is 13.2 Å². The number of nitrogens with one attached hydrogen (secondary N) is 1. The van der Waals surface area contributed by atoms with Gasteiger partial charge >= 0.3 is 0 Å². The molecule has 2 heteroatoms. The van der Waals surface area contributed by atoms with Crippen molar-refractivity contribution in [1.82, 2.24) is 5.48 Å². The quantitative estimate of drug-likeness (QED) is 0.437. The molecule has 0 aliphatic carbocycles. The first-order chi connectivity index (χ1) is 4.91. The lowest BCUT2D eigenvalue weighted by Crippen LogP contribution is -2.13. The molecule has 0 aromatic rings. The standard InChI is InChI=1S/C8H19NO/c1-3-5-6-7-8-10-9-4-2/h9H,3-8H2,1-2H3. The van der Waals surface area contributed by atoms with Gasteiger partial charge < -0.3 is 4.84 Å². The third-order valence-corrected chi connectivity index (χ3v) is 1.35. The molecule has 2 nitrogen and oxygen atoms in total. The van der Waals surface area contributed by atoms with Gasteiger partial charge in [-0.15, -0.1) is 0 Å². The van der Waals surface area contributed by atoms with Crippen LogP contribution in [0.1, 0.15) is 39.5 Å². The molecule has 0 fully saturated rings. The third kappa shape index (κ3) is 7.92. The molecule has 0 aromatic carbocycles. The van der Waals surface area contributed by atoms with Crippen LogP contribution in [0.15, 0.2) is 0 Å². The van der Waals surface area contributed by atoms with E-state index in [4.69, 9.17) is 4.84 Å². The molecule has 0 atom stereocenters. The second-order valence-electron chi connectivity index (χ2n) is 2.41. The maximum atomic E-state index is 5.08. The van der Waals surface area contributed by atoms with Crippen LogP contribution in [-0.2, 0) is 4.84 Å². The van der Waals surface area contributed by atoms with E-state index in [1.807, 2.05) is 6.92 Å². The first-order valence-corrected chi connectivity index (χ1v) is 4.26. The zero-order chi connectivity index (χ0) is 7.66. The second kappa shape index (κ2) is 8.92. The predicted octanol–water partition coefficient (Wildman–Crippen LogP) is 2.11. The Morgan fingerprint density at radius 1 is 1.10 bits per heavy atom. The Balaban J connectivity index is 2.65. The lowest BCUT2D eigenvalue weighted by Gasteiger charge is -2.01. The molecule has 0 saturated carbocycles. The first kappa shape index (κ1) is 9.92. The summed E-state index contributed by atoms with van der Waals surface area (Å²) >= 11 is 0. The van der Waals surface area contributed by atoms with Crippen LogP contribution in [0, 0.1) is 0 Å². The number of hydrogen-bond acceptors (Lipinski definition) is 2. The fraction of sp³-hybridized carbons (Fsp3) is 1.00. The minimum absolute atomic E-state index is 0.855. The zero-order valence-electron chi connectivity index (χ0n) is 7.15. The molecular weight excluding hydrogens is 126 g/mol. The van der Waals surface area contributed by atoms with Crippen molar-refractivity contribution in [2.45, 2.75) is 39.5 Å². The SMILES string of the molecule is CCCCCCONCC. The number of unbranched alkanes of at least 4 members (excludes halogenated alkanes) is 3. The lowest BCUT2D eigenvalue weighted by atomic mass is 10.2. The fourth-order valence-corrected chi connectivity index (χ4v) is 0.775. The highest BCUT2D eigenvalue weighted by atomic mass is 16.6. The van der Waals surface area contributed by atoms with E-state index in [9.17, 15) is 0 Å². The normalized spacial score (nSPS) is 10.2. The molecule has 0 radical (unpaired) electrons. The molecule has 0 spiro atoms. The topological polar surface area (TPSA) is 21.3 Å². The van der Waals surface area contributed by atoms with Crippen LogP contribution in [0.2, 0.25) is 0 Å². The number of hydrogen-bond donors (Lipinski definition) is 1. The van der Waals surface area contributed by atoms with Crippen molar-refractivity contribution in [2.75, 3.05) is 13.2 Å². The summed E-state index contributed by atoms with van der Waals surface area (Å²) in [6, 6.07) is 0. The molecule has 62 valence electrons. The van der Waals surface area contributed by atoms with Crippen molar-refractivity contribution in [3.05, 3.63) is 0 Å². The van der Waals surface area contributed by atoms with E-state index >= 15 is 0 Å². The third-order valence-electron chi connectivity index (χ3n) is 1.35. The average molecular weight is 145 g/mol. The average Bonchev–Trinajstić information content (AvgIpc) is 1.97. The smallest absolute Gasteiger partial charge is 0.0682 e. The summed E-state index contributed by atoms with van der Waals surface area (Å²) in [5.41, 5.74) is 2.83. The molecule has 0 aliphatic heterocycles. The Bertz CT molecular complexity index is 49.2. The minimum Gasteiger partial charge on any atom is -0.302 e. The fourth-order valence-electron chi connectivity index (χ4n) is 0.775. The van der Waals surface area contributed by atoms with E-state index in [0.29, 0.717) is 0 Å². The lowest BCUT2D eigenvalue weighted by molar-refractivity contribution is 0.0419. The van der Waals surface area contributed by atoms with Gasteiger partial charge in [0.05, 0.1) is 6.61 Å². The van der Waals surface area contributed by atoms with Crippen LogP contribution in [0.4, 0.5) is 0 Å². The summed E-state index contributed by atoms with van der Waals surface area (Å²) < 4.78 is 0. The summed E-state index contributed by atoms with van der Waals surface area (Å²) in [6.07, 6.45) is 5.10. The highest BCUT2D eigenvalue weighted by Gasteiger charge is 1.86. The largest absolute Gasteiger partial charge is 0.302 e. The molecule has 0 aliphatic rings. The van der Waals surface area contributed by atoms with Crippen molar-refractivity contribution >= 4 is 0 Å². The summed E-state index contributed by atoms with van der Waals surface area (Å²) in [4.78, 5) is 5.08. The molecule has 0 aromatic heterocycles. The van der Waals surface area contributed by atoms with Gasteiger partial charge in [-0.05, 0) is 6.42 Å². The minimum atomic E-state index is 0.855. The van der Waals surface area contributed by atoms with Gasteiger partial charge in [-0.2, -0.15) is 0 Å². The van der Waals surface area contributed by atoms with E-state index in [1.165, 1.54) is 25.7 Å². The Morgan fingerprint density at radius 2 is 1.90 bits per heavy atom. The molecule has 0 bridgehead atoms. The molecule has 1 N–H and O–H groups in total. The molecule has 0 rings (SSSR count). The predicted molar refractivity (Wildman–Crippen MR) is 43.8 cm³/mol. The van der Waals surface area contributed by atoms with Crippen molar-refractivity contribution < 1.29 is 4.84 Å². The van der Waals surface area contributed by atoms with Crippen molar-refractivity contribution in [3.8, 4) is 0 Å². The summed E-state index contributed by atoms with van der Waals surface area (Å²) in [5, 5.41) is 0. The van der Waals surface area contributed by atoms with Crippen molar-refractivity contribution in [2.24, 2.45) is 0 Å². The van der Waals surface area contributed by atoms with Crippen LogP contribution in [0.3, 0.4) is 0 Å². The van der Waals surface area contributed by atoms with Gasteiger partial charge in [0.15, 0.2) is 0 Å². The van der Waals surface area contributed by atoms with Gasteiger partial charge in [0.25, 0.3) is 0 Å². The molecule has 0 heterocycles. The Kier molecular flexibility index (Phi) is 8.85. The Morgan fingerprint density at radius 3 is 2.50 bits per heavy atom. The van der Waals surface area contributed by atoms with Crippen LogP contribution >= 0.6 is 0 Å². The maximum Gasteiger partial charge on any atom is 0.0682 e. The van der Waals surface area contributed by atoms with Gasteiger partial charge in [-0.25, -0.2) is 5.48 Å².